The van der Waals surface area contributed by atoms with Crippen LogP contribution in [0.1, 0.15) is 41.4 Å². The van der Waals surface area contributed by atoms with E-state index in [2.05, 4.69) is 4.98 Å². The molecule has 0 amide bonds. The topological polar surface area (TPSA) is 140 Å². The van der Waals surface area contributed by atoms with Crippen molar-refractivity contribution in [1.29, 1.82) is 0 Å². The number of nitrogens with zero attached hydrogens (tertiary/aromatic N) is 1. The molecule has 0 bridgehead atoms. The SMILES string of the molecule is O=C(OCC1OC(Sc2nc3ccccc3o2)C(OC(=O)c2ccccc2)C(OC(=O)c2ccccc2)C1OC(=O)c1ccccc1)c1ccccc1. The van der Waals surface area contributed by atoms with Gasteiger partial charge >= 0.3 is 23.9 Å². The van der Waals surface area contributed by atoms with Crippen LogP contribution in [0.4, 0.5) is 0 Å². The third-order valence-corrected chi connectivity index (χ3v) is 9.22. The van der Waals surface area contributed by atoms with Gasteiger partial charge < -0.3 is 28.1 Å². The number of para-hydroxylation sites is 2. The van der Waals surface area contributed by atoms with Crippen LogP contribution in [0.15, 0.2) is 155 Å². The van der Waals surface area contributed by atoms with Crippen molar-refractivity contribution < 1.29 is 47.3 Å². The summed E-state index contributed by atoms with van der Waals surface area (Å²) in [6.45, 7) is -0.441. The summed E-state index contributed by atoms with van der Waals surface area (Å²) in [5, 5.41) is 0.157. The first-order valence-electron chi connectivity index (χ1n) is 16.6. The van der Waals surface area contributed by atoms with E-state index in [0.29, 0.717) is 11.1 Å². The Morgan fingerprint density at radius 3 is 1.47 bits per heavy atom. The summed E-state index contributed by atoms with van der Waals surface area (Å²) in [5.74, 6) is -2.99. The van der Waals surface area contributed by atoms with Gasteiger partial charge in [0.2, 0.25) is 0 Å². The number of oxazole rings is 1. The number of thioether (sulfide) groups is 1. The molecule has 53 heavy (non-hydrogen) atoms. The van der Waals surface area contributed by atoms with Crippen molar-refractivity contribution in [2.24, 2.45) is 0 Å². The maximum Gasteiger partial charge on any atom is 0.338 e. The Morgan fingerprint density at radius 2 is 0.962 bits per heavy atom. The van der Waals surface area contributed by atoms with E-state index in [4.69, 9.17) is 28.1 Å². The van der Waals surface area contributed by atoms with Gasteiger partial charge in [0.05, 0.1) is 22.3 Å². The molecule has 1 fully saturated rings. The van der Waals surface area contributed by atoms with Gasteiger partial charge in [-0.15, -0.1) is 0 Å². The summed E-state index contributed by atoms with van der Waals surface area (Å²) in [4.78, 5) is 58.9. The van der Waals surface area contributed by atoms with Gasteiger partial charge in [-0.1, -0.05) is 84.9 Å². The number of hydrogen-bond acceptors (Lipinski definition) is 12. The van der Waals surface area contributed by atoms with Crippen LogP contribution in [0.3, 0.4) is 0 Å². The number of carbonyl (C=O) groups is 4. The molecule has 7 rings (SSSR count). The molecule has 1 saturated heterocycles. The zero-order chi connectivity index (χ0) is 36.6. The molecular weight excluding hydrogens is 699 g/mol. The molecule has 11 nitrogen and oxygen atoms in total. The van der Waals surface area contributed by atoms with Gasteiger partial charge in [-0.25, -0.2) is 24.2 Å². The minimum absolute atomic E-state index is 0.157. The number of ether oxygens (including phenoxy) is 5. The average molecular weight is 730 g/mol. The van der Waals surface area contributed by atoms with Crippen LogP contribution in [0.5, 0.6) is 0 Å². The predicted molar refractivity (Wildman–Crippen MR) is 192 cm³/mol. The smallest absolute Gasteiger partial charge is 0.338 e. The molecule has 0 aliphatic carbocycles. The van der Waals surface area contributed by atoms with Crippen molar-refractivity contribution >= 4 is 46.7 Å². The number of benzene rings is 5. The first-order chi connectivity index (χ1) is 25.9. The lowest BCUT2D eigenvalue weighted by molar-refractivity contribution is -0.207. The largest absolute Gasteiger partial charge is 0.459 e. The van der Waals surface area contributed by atoms with Crippen LogP contribution in [0.2, 0.25) is 0 Å². The van der Waals surface area contributed by atoms with Gasteiger partial charge in [-0.2, -0.15) is 0 Å². The molecule has 0 spiro atoms. The highest BCUT2D eigenvalue weighted by Crippen LogP contribution is 2.39. The highest BCUT2D eigenvalue weighted by atomic mass is 32.2. The van der Waals surface area contributed by atoms with Gasteiger partial charge in [0, 0.05) is 0 Å². The lowest BCUT2D eigenvalue weighted by Crippen LogP contribution is -2.61. The second-order valence-corrected chi connectivity index (χ2v) is 12.8. The summed E-state index contributed by atoms with van der Waals surface area (Å²) in [6.07, 6.45) is -5.59. The van der Waals surface area contributed by atoms with Crippen molar-refractivity contribution in [2.75, 3.05) is 6.61 Å². The summed E-state index contributed by atoms with van der Waals surface area (Å²) >= 11 is 0.964. The van der Waals surface area contributed by atoms with Crippen LogP contribution in [-0.2, 0) is 23.7 Å². The molecule has 1 aliphatic rings. The molecule has 0 saturated carbocycles. The van der Waals surface area contributed by atoms with E-state index in [9.17, 15) is 19.2 Å². The zero-order valence-electron chi connectivity index (χ0n) is 27.9. The van der Waals surface area contributed by atoms with Crippen molar-refractivity contribution in [3.63, 3.8) is 0 Å². The van der Waals surface area contributed by atoms with E-state index in [-0.39, 0.29) is 27.5 Å². The van der Waals surface area contributed by atoms with Gasteiger partial charge in [-0.05, 0) is 72.4 Å². The molecule has 5 atom stereocenters. The standard InChI is InChI=1S/C41H31NO10S/c43-36(26-15-5-1-6-16-26)47-25-32-33(50-37(44)27-17-7-2-8-18-27)34(51-38(45)28-19-9-3-10-20-28)35(52-39(46)29-21-11-4-12-22-29)40(48-32)53-41-42-30-23-13-14-24-31(30)49-41/h1-24,32-35,40H,25H2. The Hall–Kier alpha value is -6.24. The molecule has 266 valence electrons. The third-order valence-electron chi connectivity index (χ3n) is 8.23. The lowest BCUT2D eigenvalue weighted by atomic mass is 9.98. The van der Waals surface area contributed by atoms with Crippen molar-refractivity contribution in [3.8, 4) is 0 Å². The van der Waals surface area contributed by atoms with Gasteiger partial charge in [0.25, 0.3) is 5.22 Å². The van der Waals surface area contributed by atoms with Gasteiger partial charge in [0.15, 0.2) is 29.3 Å². The molecule has 5 unspecified atom stereocenters. The number of aromatic nitrogens is 1. The van der Waals surface area contributed by atoms with Gasteiger partial charge in [-0.3, -0.25) is 0 Å². The highest BCUT2D eigenvalue weighted by molar-refractivity contribution is 7.99. The second kappa shape index (κ2) is 16.4. The van der Waals surface area contributed by atoms with Gasteiger partial charge in [0.1, 0.15) is 18.2 Å². The Morgan fingerprint density at radius 1 is 0.528 bits per heavy atom. The summed E-state index contributed by atoms with van der Waals surface area (Å²) in [6, 6.07) is 40.0. The number of esters is 4. The lowest BCUT2D eigenvalue weighted by Gasteiger charge is -2.44. The van der Waals surface area contributed by atoms with E-state index in [1.807, 2.05) is 6.07 Å². The normalized spacial score (nSPS) is 19.5. The fourth-order valence-electron chi connectivity index (χ4n) is 5.62. The van der Waals surface area contributed by atoms with Crippen molar-refractivity contribution in [1.82, 2.24) is 4.98 Å². The van der Waals surface area contributed by atoms with Crippen molar-refractivity contribution in [3.05, 3.63) is 168 Å². The number of fused-ring (bicyclic) bond motifs is 1. The van der Waals surface area contributed by atoms with Crippen LogP contribution in [0, 0.1) is 0 Å². The average Bonchev–Trinajstić information content (AvgIpc) is 3.63. The van der Waals surface area contributed by atoms with Crippen molar-refractivity contribution in [2.45, 2.75) is 35.1 Å². The second-order valence-electron chi connectivity index (χ2n) is 11.8. The molecule has 2 heterocycles. The fraction of sp³-hybridized carbons (Fsp3) is 0.146. The molecule has 1 aliphatic heterocycles. The maximum atomic E-state index is 13.8. The van der Waals surface area contributed by atoms with Crippen LogP contribution in [0.25, 0.3) is 11.1 Å². The maximum absolute atomic E-state index is 13.8. The fourth-order valence-corrected chi connectivity index (χ4v) is 6.65. The van der Waals surface area contributed by atoms with Crippen LogP contribution in [-0.4, -0.2) is 65.3 Å². The Bertz CT molecular complexity index is 2150. The Labute approximate surface area is 307 Å². The first-order valence-corrected chi connectivity index (χ1v) is 17.5. The molecule has 12 heteroatoms. The number of hydrogen-bond donors (Lipinski definition) is 0. The van der Waals surface area contributed by atoms with Crippen LogP contribution < -0.4 is 0 Å². The molecular formula is C41H31NO10S. The molecule has 1 aromatic heterocycles. The van der Waals surface area contributed by atoms with E-state index in [1.54, 1.807) is 140 Å². The quantitative estimate of drug-likeness (QED) is 0.0986. The first kappa shape index (κ1) is 35.2. The Balaban J connectivity index is 1.30. The summed E-state index contributed by atoms with van der Waals surface area (Å²) < 4.78 is 36.6. The monoisotopic (exact) mass is 729 g/mol. The minimum Gasteiger partial charge on any atom is -0.459 e. The van der Waals surface area contributed by atoms with E-state index in [0.717, 1.165) is 11.8 Å². The molecule has 0 N–H and O–H groups in total. The van der Waals surface area contributed by atoms with E-state index >= 15 is 0 Å². The number of rotatable bonds is 11. The molecule has 5 aromatic carbocycles. The Kier molecular flexibility index (Phi) is 10.9. The highest BCUT2D eigenvalue weighted by Gasteiger charge is 2.54. The molecule has 0 radical (unpaired) electrons. The zero-order valence-corrected chi connectivity index (χ0v) is 28.7. The third kappa shape index (κ3) is 8.46. The minimum atomic E-state index is -1.49. The number of carbonyl (C=O) groups excluding carboxylic acids is 4. The summed E-state index contributed by atoms with van der Waals surface area (Å²) in [7, 11) is 0. The van der Waals surface area contributed by atoms with Crippen LogP contribution >= 0.6 is 11.8 Å². The predicted octanol–water partition coefficient (Wildman–Crippen LogP) is 7.18. The molecule has 6 aromatic rings. The summed E-state index contributed by atoms with van der Waals surface area (Å²) in [5.41, 5.74) is 0.758. The van der Waals surface area contributed by atoms with E-state index < -0.39 is 60.3 Å². The van der Waals surface area contributed by atoms with E-state index in [1.165, 1.54) is 0 Å².